The van der Waals surface area contributed by atoms with Crippen molar-refractivity contribution in [1.82, 2.24) is 19.7 Å². The van der Waals surface area contributed by atoms with Gasteiger partial charge in [-0.3, -0.25) is 9.58 Å². The van der Waals surface area contributed by atoms with E-state index < -0.39 is 0 Å². The van der Waals surface area contributed by atoms with Crippen molar-refractivity contribution in [3.63, 3.8) is 0 Å². The first-order chi connectivity index (χ1) is 10.7. The minimum Gasteiger partial charge on any atom is -0.481 e. The number of methoxy groups -OCH3 is 2. The zero-order chi connectivity index (χ0) is 15.5. The summed E-state index contributed by atoms with van der Waals surface area (Å²) >= 11 is 0. The van der Waals surface area contributed by atoms with Crippen LogP contribution in [0.15, 0.2) is 24.5 Å². The van der Waals surface area contributed by atoms with Crippen LogP contribution in [0.1, 0.15) is 22.7 Å². The van der Waals surface area contributed by atoms with E-state index in [0.717, 1.165) is 25.2 Å². The molecular weight excluding hydrogens is 280 g/mol. The van der Waals surface area contributed by atoms with Crippen LogP contribution < -0.4 is 4.74 Å². The van der Waals surface area contributed by atoms with Crippen LogP contribution in [-0.2, 0) is 24.9 Å². The molecule has 1 aliphatic heterocycles. The van der Waals surface area contributed by atoms with Crippen molar-refractivity contribution in [3.8, 4) is 5.88 Å². The maximum atomic E-state index is 5.38. The van der Waals surface area contributed by atoms with Gasteiger partial charge in [-0.2, -0.15) is 5.10 Å². The highest BCUT2D eigenvalue weighted by Gasteiger charge is 2.28. The second-order valence-electron chi connectivity index (χ2n) is 5.71. The Kier molecular flexibility index (Phi) is 4.40. The van der Waals surface area contributed by atoms with Gasteiger partial charge in [0.25, 0.3) is 0 Å². The predicted molar refractivity (Wildman–Crippen MR) is 82.7 cm³/mol. The Bertz CT molecular complexity index is 641. The SMILES string of the molecule is COC[C@@H]1CN(Cc2cccnc2OC)Cc2cn(C)nc21. The molecule has 6 nitrogen and oxygen atoms in total. The zero-order valence-corrected chi connectivity index (χ0v) is 13.3. The molecule has 22 heavy (non-hydrogen) atoms. The molecule has 0 aliphatic carbocycles. The maximum absolute atomic E-state index is 5.38. The van der Waals surface area contributed by atoms with Crippen LogP contribution in [0, 0.1) is 0 Å². The van der Waals surface area contributed by atoms with Crippen molar-refractivity contribution in [2.24, 2.45) is 7.05 Å². The molecule has 0 saturated heterocycles. The molecule has 2 aromatic rings. The number of hydrogen-bond donors (Lipinski definition) is 0. The van der Waals surface area contributed by atoms with Crippen molar-refractivity contribution < 1.29 is 9.47 Å². The molecule has 0 unspecified atom stereocenters. The van der Waals surface area contributed by atoms with E-state index in [-0.39, 0.29) is 0 Å². The summed E-state index contributed by atoms with van der Waals surface area (Å²) in [6, 6.07) is 4.01. The lowest BCUT2D eigenvalue weighted by atomic mass is 9.97. The molecule has 3 heterocycles. The van der Waals surface area contributed by atoms with Crippen LogP contribution in [0.2, 0.25) is 0 Å². The Morgan fingerprint density at radius 3 is 3.00 bits per heavy atom. The number of hydrogen-bond acceptors (Lipinski definition) is 5. The second-order valence-corrected chi connectivity index (χ2v) is 5.71. The third-order valence-electron chi connectivity index (χ3n) is 4.00. The summed E-state index contributed by atoms with van der Waals surface area (Å²) in [6.07, 6.45) is 3.86. The fraction of sp³-hybridized carbons (Fsp3) is 0.500. The van der Waals surface area contributed by atoms with Gasteiger partial charge < -0.3 is 9.47 Å². The van der Waals surface area contributed by atoms with Crippen LogP contribution in [0.3, 0.4) is 0 Å². The average molecular weight is 302 g/mol. The first-order valence-electron chi connectivity index (χ1n) is 7.43. The number of aryl methyl sites for hydroxylation is 1. The van der Waals surface area contributed by atoms with E-state index in [2.05, 4.69) is 27.2 Å². The number of pyridine rings is 1. The summed E-state index contributed by atoms with van der Waals surface area (Å²) in [5, 5.41) is 4.60. The van der Waals surface area contributed by atoms with E-state index in [4.69, 9.17) is 9.47 Å². The second kappa shape index (κ2) is 6.46. The lowest BCUT2D eigenvalue weighted by molar-refractivity contribution is 0.134. The molecule has 0 aromatic carbocycles. The molecule has 6 heteroatoms. The Morgan fingerprint density at radius 1 is 1.36 bits per heavy atom. The summed E-state index contributed by atoms with van der Waals surface area (Å²) in [5.74, 6) is 1.00. The largest absolute Gasteiger partial charge is 0.481 e. The third kappa shape index (κ3) is 2.98. The first-order valence-corrected chi connectivity index (χ1v) is 7.43. The predicted octanol–water partition coefficient (Wildman–Crippen LogP) is 1.57. The molecule has 0 spiro atoms. The zero-order valence-electron chi connectivity index (χ0n) is 13.3. The number of nitrogens with zero attached hydrogens (tertiary/aromatic N) is 4. The van der Waals surface area contributed by atoms with E-state index >= 15 is 0 Å². The molecule has 3 rings (SSSR count). The van der Waals surface area contributed by atoms with Crippen LogP contribution in [0.5, 0.6) is 5.88 Å². The van der Waals surface area contributed by atoms with E-state index in [9.17, 15) is 0 Å². The van der Waals surface area contributed by atoms with Gasteiger partial charge in [-0.1, -0.05) is 6.07 Å². The van der Waals surface area contributed by atoms with E-state index in [0.29, 0.717) is 18.4 Å². The third-order valence-corrected chi connectivity index (χ3v) is 4.00. The molecule has 0 fully saturated rings. The molecule has 0 amide bonds. The normalized spacial score (nSPS) is 18.2. The first kappa shape index (κ1) is 15.0. The molecule has 1 atom stereocenters. The number of rotatable bonds is 5. The quantitative estimate of drug-likeness (QED) is 0.839. The molecule has 1 aliphatic rings. The molecule has 0 bridgehead atoms. The summed E-state index contributed by atoms with van der Waals surface area (Å²) < 4.78 is 12.6. The average Bonchev–Trinajstić information content (AvgIpc) is 2.89. The fourth-order valence-corrected chi connectivity index (χ4v) is 3.15. The lowest BCUT2D eigenvalue weighted by Gasteiger charge is -2.31. The van der Waals surface area contributed by atoms with Gasteiger partial charge in [0, 0.05) is 63.2 Å². The van der Waals surface area contributed by atoms with Crippen molar-refractivity contribution in [1.29, 1.82) is 0 Å². The van der Waals surface area contributed by atoms with E-state index in [1.54, 1.807) is 20.4 Å². The van der Waals surface area contributed by atoms with Gasteiger partial charge in [-0.25, -0.2) is 4.98 Å². The van der Waals surface area contributed by atoms with E-state index in [1.165, 1.54) is 11.3 Å². The van der Waals surface area contributed by atoms with Gasteiger partial charge in [-0.15, -0.1) is 0 Å². The lowest BCUT2D eigenvalue weighted by Crippen LogP contribution is -2.34. The van der Waals surface area contributed by atoms with Crippen molar-refractivity contribution in [2.45, 2.75) is 19.0 Å². The maximum Gasteiger partial charge on any atom is 0.217 e. The van der Waals surface area contributed by atoms with Crippen LogP contribution in [0.25, 0.3) is 0 Å². The van der Waals surface area contributed by atoms with E-state index in [1.807, 2.05) is 17.8 Å². The van der Waals surface area contributed by atoms with Gasteiger partial charge >= 0.3 is 0 Å². The number of ether oxygens (including phenoxy) is 2. The minimum absolute atomic E-state index is 0.303. The fourth-order valence-electron chi connectivity index (χ4n) is 3.15. The van der Waals surface area contributed by atoms with Crippen molar-refractivity contribution in [3.05, 3.63) is 41.3 Å². The standard InChI is InChI=1S/C16H22N4O2/c1-19-7-13-9-20(10-14(11-21-2)15(13)18-19)8-12-5-4-6-17-16(12)22-3/h4-7,14H,8-11H2,1-3H3/t14-/m0/s1. The Morgan fingerprint density at radius 2 is 2.23 bits per heavy atom. The van der Waals surface area contributed by atoms with Crippen molar-refractivity contribution in [2.75, 3.05) is 27.4 Å². The van der Waals surface area contributed by atoms with Crippen LogP contribution in [-0.4, -0.2) is 47.0 Å². The Hall–Kier alpha value is -1.92. The van der Waals surface area contributed by atoms with Crippen LogP contribution >= 0.6 is 0 Å². The summed E-state index contributed by atoms with van der Waals surface area (Å²) in [4.78, 5) is 6.67. The summed E-state index contributed by atoms with van der Waals surface area (Å²) in [6.45, 7) is 3.31. The van der Waals surface area contributed by atoms with Gasteiger partial charge in [0.15, 0.2) is 0 Å². The van der Waals surface area contributed by atoms with Gasteiger partial charge in [-0.05, 0) is 6.07 Å². The molecule has 0 N–H and O–H groups in total. The summed E-state index contributed by atoms with van der Waals surface area (Å²) in [7, 11) is 5.37. The monoisotopic (exact) mass is 302 g/mol. The smallest absolute Gasteiger partial charge is 0.217 e. The molecule has 2 aromatic heterocycles. The van der Waals surface area contributed by atoms with Gasteiger partial charge in [0.1, 0.15) is 0 Å². The van der Waals surface area contributed by atoms with Gasteiger partial charge in [0.2, 0.25) is 5.88 Å². The Labute approximate surface area is 130 Å². The Balaban J connectivity index is 1.81. The number of aromatic nitrogens is 3. The van der Waals surface area contributed by atoms with Crippen molar-refractivity contribution >= 4 is 0 Å². The molecule has 118 valence electrons. The highest BCUT2D eigenvalue weighted by Crippen LogP contribution is 2.29. The topological polar surface area (TPSA) is 52.4 Å². The molecule has 0 saturated carbocycles. The minimum atomic E-state index is 0.303. The number of fused-ring (bicyclic) bond motifs is 1. The van der Waals surface area contributed by atoms with Crippen LogP contribution in [0.4, 0.5) is 0 Å². The highest BCUT2D eigenvalue weighted by atomic mass is 16.5. The highest BCUT2D eigenvalue weighted by molar-refractivity contribution is 5.28. The van der Waals surface area contributed by atoms with Gasteiger partial charge in [0.05, 0.1) is 19.4 Å². The summed E-state index contributed by atoms with van der Waals surface area (Å²) in [5.41, 5.74) is 3.55. The molecule has 0 radical (unpaired) electrons. The molecular formula is C16H22N4O2.